The van der Waals surface area contributed by atoms with Crippen molar-refractivity contribution in [1.29, 1.82) is 0 Å². The monoisotopic (exact) mass is 354 g/mol. The Bertz CT molecular complexity index is 487. The smallest absolute Gasteiger partial charge is 0.0766 e. The van der Waals surface area contributed by atoms with Crippen molar-refractivity contribution in [3.8, 4) is 0 Å². The highest BCUT2D eigenvalue weighted by Gasteiger charge is 2.53. The molecule has 3 rings (SSSR count). The van der Waals surface area contributed by atoms with Crippen LogP contribution >= 0.6 is 15.9 Å². The predicted molar refractivity (Wildman–Crippen MR) is 88.7 cm³/mol. The minimum Gasteiger partial charge on any atom is -0.271 e. The van der Waals surface area contributed by atoms with Crippen LogP contribution in [0.25, 0.3) is 0 Å². The Labute approximate surface area is 135 Å². The largest absolute Gasteiger partial charge is 0.271 e. The Morgan fingerprint density at radius 1 is 1.33 bits per heavy atom. The van der Waals surface area contributed by atoms with Gasteiger partial charge in [0.1, 0.15) is 0 Å². The number of aromatic nitrogens is 2. The maximum atomic E-state index is 5.90. The molecule has 21 heavy (non-hydrogen) atoms. The van der Waals surface area contributed by atoms with Crippen molar-refractivity contribution in [2.75, 3.05) is 0 Å². The van der Waals surface area contributed by atoms with Crippen molar-refractivity contribution in [3.63, 3.8) is 0 Å². The lowest BCUT2D eigenvalue weighted by Crippen LogP contribution is -2.40. The zero-order valence-electron chi connectivity index (χ0n) is 13.1. The van der Waals surface area contributed by atoms with Gasteiger partial charge in [0.25, 0.3) is 0 Å². The summed E-state index contributed by atoms with van der Waals surface area (Å²) in [5.74, 6) is 8.51. The average Bonchev–Trinajstić information content (AvgIpc) is 3.16. The molecule has 4 nitrogen and oxygen atoms in total. The highest BCUT2D eigenvalue weighted by molar-refractivity contribution is 9.10. The van der Waals surface area contributed by atoms with E-state index in [1.54, 1.807) is 0 Å². The Balaban J connectivity index is 1.77. The first-order valence-corrected chi connectivity index (χ1v) is 9.20. The van der Waals surface area contributed by atoms with E-state index < -0.39 is 0 Å². The van der Waals surface area contributed by atoms with Gasteiger partial charge in [0.2, 0.25) is 0 Å². The summed E-state index contributed by atoms with van der Waals surface area (Å²) in [5, 5.41) is 4.71. The van der Waals surface area contributed by atoms with Crippen molar-refractivity contribution in [3.05, 3.63) is 15.9 Å². The summed E-state index contributed by atoms with van der Waals surface area (Å²) in [6.07, 6.45) is 7.58. The SMILES string of the molecule is CCc1nn(CC)c(CC(NN)C2C3CCCCC32)c1Br. The molecule has 1 heterocycles. The number of nitrogens with one attached hydrogen (secondary N) is 1. The molecular weight excluding hydrogens is 328 g/mol. The maximum Gasteiger partial charge on any atom is 0.0766 e. The second-order valence-electron chi connectivity index (χ2n) is 6.54. The summed E-state index contributed by atoms with van der Waals surface area (Å²) >= 11 is 3.76. The third-order valence-corrected chi connectivity index (χ3v) is 6.42. The molecule has 0 spiro atoms. The number of hydrogen-bond acceptors (Lipinski definition) is 3. The van der Waals surface area contributed by atoms with Gasteiger partial charge in [-0.25, -0.2) is 0 Å². The second kappa shape index (κ2) is 6.39. The van der Waals surface area contributed by atoms with E-state index >= 15 is 0 Å². The van der Waals surface area contributed by atoms with Gasteiger partial charge in [-0.1, -0.05) is 19.8 Å². The number of halogens is 1. The third-order valence-electron chi connectivity index (χ3n) is 5.51. The molecule has 2 aliphatic rings. The van der Waals surface area contributed by atoms with Gasteiger partial charge in [0.15, 0.2) is 0 Å². The molecule has 0 bridgehead atoms. The molecule has 0 aliphatic heterocycles. The van der Waals surface area contributed by atoms with Crippen molar-refractivity contribution in [1.82, 2.24) is 15.2 Å². The van der Waals surface area contributed by atoms with Gasteiger partial charge >= 0.3 is 0 Å². The van der Waals surface area contributed by atoms with Crippen LogP contribution in [0.2, 0.25) is 0 Å². The Morgan fingerprint density at radius 3 is 2.52 bits per heavy atom. The van der Waals surface area contributed by atoms with Crippen LogP contribution in [-0.4, -0.2) is 15.8 Å². The van der Waals surface area contributed by atoms with Crippen LogP contribution in [0.15, 0.2) is 4.47 Å². The molecule has 5 heteroatoms. The Kier molecular flexibility index (Phi) is 4.71. The Hall–Kier alpha value is -0.390. The van der Waals surface area contributed by atoms with Crippen molar-refractivity contribution < 1.29 is 0 Å². The number of nitrogens with two attached hydrogens (primary N) is 1. The minimum atomic E-state index is 0.390. The molecule has 0 amide bonds. The number of nitrogens with zero attached hydrogens (tertiary/aromatic N) is 2. The summed E-state index contributed by atoms with van der Waals surface area (Å²) in [7, 11) is 0. The van der Waals surface area contributed by atoms with Gasteiger partial charge in [0, 0.05) is 19.0 Å². The summed E-state index contributed by atoms with van der Waals surface area (Å²) in [4.78, 5) is 0. The molecule has 2 saturated carbocycles. The predicted octanol–water partition coefficient (Wildman–Crippen LogP) is 3.04. The molecule has 3 unspecified atom stereocenters. The van der Waals surface area contributed by atoms with Crippen LogP contribution in [-0.2, 0) is 19.4 Å². The van der Waals surface area contributed by atoms with E-state index in [-0.39, 0.29) is 0 Å². The fourth-order valence-corrected chi connectivity index (χ4v) is 5.10. The molecule has 3 atom stereocenters. The lowest BCUT2D eigenvalue weighted by Gasteiger charge is -2.17. The summed E-state index contributed by atoms with van der Waals surface area (Å²) < 4.78 is 3.33. The normalized spacial score (nSPS) is 29.2. The van der Waals surface area contributed by atoms with Crippen LogP contribution in [0.1, 0.15) is 50.9 Å². The van der Waals surface area contributed by atoms with Crippen LogP contribution in [0.5, 0.6) is 0 Å². The summed E-state index contributed by atoms with van der Waals surface area (Å²) in [5.41, 5.74) is 5.58. The Morgan fingerprint density at radius 2 is 2.00 bits per heavy atom. The zero-order chi connectivity index (χ0) is 15.0. The number of rotatable bonds is 6. The van der Waals surface area contributed by atoms with E-state index in [9.17, 15) is 0 Å². The van der Waals surface area contributed by atoms with Crippen LogP contribution in [0.3, 0.4) is 0 Å². The van der Waals surface area contributed by atoms with Crippen LogP contribution in [0.4, 0.5) is 0 Å². The fourth-order valence-electron chi connectivity index (χ4n) is 4.37. The van der Waals surface area contributed by atoms with Gasteiger partial charge in [-0.15, -0.1) is 0 Å². The minimum absolute atomic E-state index is 0.390. The third kappa shape index (κ3) is 2.80. The molecule has 0 saturated heterocycles. The number of fused-ring (bicyclic) bond motifs is 1. The van der Waals surface area contributed by atoms with Crippen molar-refractivity contribution >= 4 is 15.9 Å². The van der Waals surface area contributed by atoms with E-state index in [1.807, 2.05) is 0 Å². The van der Waals surface area contributed by atoms with Gasteiger partial charge < -0.3 is 0 Å². The van der Waals surface area contributed by atoms with E-state index in [4.69, 9.17) is 10.9 Å². The lowest BCUT2D eigenvalue weighted by atomic mass is 10.0. The standard InChI is InChI=1S/C16H27BrN4/c1-3-12-16(17)14(21(4-2)20-12)9-13(19-18)15-10-7-5-6-8-11(10)15/h10-11,13,15,19H,3-9,18H2,1-2H3. The van der Waals surface area contributed by atoms with Crippen LogP contribution < -0.4 is 11.3 Å². The van der Waals surface area contributed by atoms with Gasteiger partial charge in [-0.05, 0) is 59.9 Å². The van der Waals surface area contributed by atoms with E-state index in [0.717, 1.165) is 42.8 Å². The topological polar surface area (TPSA) is 55.9 Å². The van der Waals surface area contributed by atoms with Crippen molar-refractivity contribution in [2.45, 2.75) is 65.0 Å². The lowest BCUT2D eigenvalue weighted by molar-refractivity contribution is 0.423. The quantitative estimate of drug-likeness (QED) is 0.609. The fraction of sp³-hybridized carbons (Fsp3) is 0.812. The molecule has 1 aromatic heterocycles. The van der Waals surface area contributed by atoms with Crippen molar-refractivity contribution in [2.24, 2.45) is 23.6 Å². The molecule has 2 aliphatic carbocycles. The molecule has 0 radical (unpaired) electrons. The summed E-state index contributed by atoms with van der Waals surface area (Å²) in [6.45, 7) is 5.23. The first-order valence-electron chi connectivity index (χ1n) is 8.41. The van der Waals surface area contributed by atoms with E-state index in [2.05, 4.69) is 39.9 Å². The molecule has 2 fully saturated rings. The van der Waals surface area contributed by atoms with Crippen LogP contribution in [0, 0.1) is 17.8 Å². The second-order valence-corrected chi connectivity index (χ2v) is 7.34. The number of hydrazine groups is 1. The molecule has 3 N–H and O–H groups in total. The van der Waals surface area contributed by atoms with Gasteiger partial charge in [0.05, 0.1) is 15.9 Å². The molecule has 118 valence electrons. The maximum absolute atomic E-state index is 5.90. The number of aryl methyl sites for hydroxylation is 2. The molecule has 0 aromatic carbocycles. The summed E-state index contributed by atoms with van der Waals surface area (Å²) in [6, 6.07) is 0.390. The average molecular weight is 355 g/mol. The first kappa shape index (κ1) is 15.5. The first-order chi connectivity index (χ1) is 10.2. The highest BCUT2D eigenvalue weighted by atomic mass is 79.9. The van der Waals surface area contributed by atoms with Gasteiger partial charge in [-0.2, -0.15) is 5.10 Å². The van der Waals surface area contributed by atoms with E-state index in [0.29, 0.717) is 6.04 Å². The molecular formula is C16H27BrN4. The van der Waals surface area contributed by atoms with Gasteiger partial charge in [-0.3, -0.25) is 16.0 Å². The highest BCUT2D eigenvalue weighted by Crippen LogP contribution is 2.57. The number of hydrogen-bond donors (Lipinski definition) is 2. The zero-order valence-corrected chi connectivity index (χ0v) is 14.7. The van der Waals surface area contributed by atoms with E-state index in [1.165, 1.54) is 35.8 Å². The molecule has 1 aromatic rings.